The lowest BCUT2D eigenvalue weighted by Gasteiger charge is -2.07. The Morgan fingerprint density at radius 1 is 0.806 bits per heavy atom. The second-order valence-electron chi connectivity index (χ2n) is 7.77. The second-order valence-corrected chi connectivity index (χ2v) is 8.74. The summed E-state index contributed by atoms with van der Waals surface area (Å²) in [4.78, 5) is 9.40. The summed E-state index contributed by atoms with van der Waals surface area (Å²) in [7, 11) is 0. The SMILES string of the molecule is Cc1cccc(CSc2ncnc3c2c(-c2ccccc2)cn3-c2cccc(C)c2)c1. The first-order valence-electron chi connectivity index (χ1n) is 10.4. The molecule has 0 fully saturated rings. The van der Waals surface area contributed by atoms with E-state index in [0.717, 1.165) is 33.1 Å². The van der Waals surface area contributed by atoms with Crippen molar-refractivity contribution in [3.8, 4) is 16.8 Å². The van der Waals surface area contributed by atoms with Crippen LogP contribution in [0.5, 0.6) is 0 Å². The fourth-order valence-electron chi connectivity index (χ4n) is 3.91. The zero-order valence-electron chi connectivity index (χ0n) is 17.6. The Balaban J connectivity index is 1.66. The van der Waals surface area contributed by atoms with Gasteiger partial charge >= 0.3 is 0 Å². The molecule has 0 saturated carbocycles. The molecule has 0 N–H and O–H groups in total. The van der Waals surface area contributed by atoms with Gasteiger partial charge in [-0.1, -0.05) is 72.3 Å². The van der Waals surface area contributed by atoms with Gasteiger partial charge in [-0.05, 0) is 42.7 Å². The van der Waals surface area contributed by atoms with Crippen LogP contribution in [-0.2, 0) is 5.75 Å². The highest BCUT2D eigenvalue weighted by Crippen LogP contribution is 2.37. The van der Waals surface area contributed by atoms with Gasteiger partial charge in [0.05, 0.1) is 5.39 Å². The van der Waals surface area contributed by atoms with Gasteiger partial charge < -0.3 is 4.57 Å². The molecule has 0 aliphatic carbocycles. The minimum absolute atomic E-state index is 0.873. The average molecular weight is 422 g/mol. The van der Waals surface area contributed by atoms with E-state index >= 15 is 0 Å². The van der Waals surface area contributed by atoms with E-state index in [9.17, 15) is 0 Å². The predicted molar refractivity (Wildman–Crippen MR) is 130 cm³/mol. The molecule has 0 bridgehead atoms. The molecule has 2 aromatic heterocycles. The molecule has 0 saturated heterocycles. The maximum absolute atomic E-state index is 4.70. The van der Waals surface area contributed by atoms with Crippen LogP contribution >= 0.6 is 11.8 Å². The summed E-state index contributed by atoms with van der Waals surface area (Å²) in [5.41, 5.74) is 8.18. The fourth-order valence-corrected chi connectivity index (χ4v) is 4.86. The Labute approximate surface area is 186 Å². The van der Waals surface area contributed by atoms with E-state index < -0.39 is 0 Å². The highest BCUT2D eigenvalue weighted by molar-refractivity contribution is 7.98. The van der Waals surface area contributed by atoms with Crippen LogP contribution in [0.25, 0.3) is 27.8 Å². The third-order valence-corrected chi connectivity index (χ3v) is 6.43. The molecule has 0 aliphatic heterocycles. The molecule has 31 heavy (non-hydrogen) atoms. The lowest BCUT2D eigenvalue weighted by molar-refractivity contribution is 1.04. The quantitative estimate of drug-likeness (QED) is 0.226. The maximum Gasteiger partial charge on any atom is 0.149 e. The molecule has 0 spiro atoms. The summed E-state index contributed by atoms with van der Waals surface area (Å²) >= 11 is 1.77. The lowest BCUT2D eigenvalue weighted by atomic mass is 10.1. The van der Waals surface area contributed by atoms with Gasteiger partial charge in [0.15, 0.2) is 0 Å². The summed E-state index contributed by atoms with van der Waals surface area (Å²) in [6.07, 6.45) is 3.88. The summed E-state index contributed by atoms with van der Waals surface area (Å²) in [5.74, 6) is 0.873. The van der Waals surface area contributed by atoms with Crippen molar-refractivity contribution in [1.29, 1.82) is 0 Å². The van der Waals surface area contributed by atoms with Crippen molar-refractivity contribution in [1.82, 2.24) is 14.5 Å². The molecule has 5 aromatic rings. The Bertz CT molecular complexity index is 1360. The van der Waals surface area contributed by atoms with E-state index in [1.165, 1.54) is 22.3 Å². The Hall–Kier alpha value is -3.37. The normalized spacial score (nSPS) is 11.2. The minimum atomic E-state index is 0.873. The van der Waals surface area contributed by atoms with Gasteiger partial charge in [0, 0.05) is 23.2 Å². The van der Waals surface area contributed by atoms with Crippen LogP contribution in [0.1, 0.15) is 16.7 Å². The molecule has 3 aromatic carbocycles. The van der Waals surface area contributed by atoms with Crippen LogP contribution in [0.15, 0.2) is 96.4 Å². The van der Waals surface area contributed by atoms with Crippen molar-refractivity contribution in [2.75, 3.05) is 0 Å². The zero-order valence-corrected chi connectivity index (χ0v) is 18.4. The number of hydrogen-bond acceptors (Lipinski definition) is 3. The van der Waals surface area contributed by atoms with Crippen molar-refractivity contribution in [3.63, 3.8) is 0 Å². The van der Waals surface area contributed by atoms with Crippen molar-refractivity contribution < 1.29 is 0 Å². The fraction of sp³-hybridized carbons (Fsp3) is 0.111. The maximum atomic E-state index is 4.70. The smallest absolute Gasteiger partial charge is 0.149 e. The van der Waals surface area contributed by atoms with Gasteiger partial charge in [-0.2, -0.15) is 0 Å². The largest absolute Gasteiger partial charge is 0.301 e. The molecule has 4 heteroatoms. The first-order chi connectivity index (χ1) is 15.2. The number of rotatable bonds is 5. The van der Waals surface area contributed by atoms with Crippen molar-refractivity contribution in [2.45, 2.75) is 24.6 Å². The molecule has 152 valence electrons. The third-order valence-electron chi connectivity index (χ3n) is 5.37. The average Bonchev–Trinajstić information content (AvgIpc) is 3.19. The summed E-state index contributed by atoms with van der Waals surface area (Å²) in [6, 6.07) is 27.7. The first-order valence-corrected chi connectivity index (χ1v) is 11.3. The molecule has 0 unspecified atom stereocenters. The van der Waals surface area contributed by atoms with Crippen LogP contribution in [0.3, 0.4) is 0 Å². The highest BCUT2D eigenvalue weighted by Gasteiger charge is 2.17. The topological polar surface area (TPSA) is 30.7 Å². The highest BCUT2D eigenvalue weighted by atomic mass is 32.2. The number of hydrogen-bond donors (Lipinski definition) is 0. The number of thioether (sulfide) groups is 1. The van der Waals surface area contributed by atoms with Crippen LogP contribution in [0.2, 0.25) is 0 Å². The van der Waals surface area contributed by atoms with Gasteiger partial charge in [0.2, 0.25) is 0 Å². The predicted octanol–water partition coefficient (Wildman–Crippen LogP) is 7.00. The number of aromatic nitrogens is 3. The third kappa shape index (κ3) is 3.99. The lowest BCUT2D eigenvalue weighted by Crippen LogP contribution is -1.95. The van der Waals surface area contributed by atoms with Crippen molar-refractivity contribution in [2.24, 2.45) is 0 Å². The minimum Gasteiger partial charge on any atom is -0.301 e. The van der Waals surface area contributed by atoms with Gasteiger partial charge in [0.25, 0.3) is 0 Å². The number of aryl methyl sites for hydroxylation is 2. The van der Waals surface area contributed by atoms with Crippen LogP contribution < -0.4 is 0 Å². The molecule has 3 nitrogen and oxygen atoms in total. The molecule has 0 atom stereocenters. The Morgan fingerprint density at radius 2 is 1.58 bits per heavy atom. The van der Waals surface area contributed by atoms with Gasteiger partial charge in [-0.15, -0.1) is 11.8 Å². The van der Waals surface area contributed by atoms with Gasteiger partial charge in [-0.3, -0.25) is 0 Å². The second kappa shape index (κ2) is 8.40. The molecule has 0 amide bonds. The van der Waals surface area contributed by atoms with E-state index in [1.807, 2.05) is 6.07 Å². The summed E-state index contributed by atoms with van der Waals surface area (Å²) in [6.45, 7) is 4.25. The van der Waals surface area contributed by atoms with Gasteiger partial charge in [-0.25, -0.2) is 9.97 Å². The monoisotopic (exact) mass is 421 g/mol. The zero-order chi connectivity index (χ0) is 21.2. The number of fused-ring (bicyclic) bond motifs is 1. The van der Waals surface area contributed by atoms with Crippen molar-refractivity contribution >= 4 is 22.8 Å². The van der Waals surface area contributed by atoms with E-state index in [2.05, 4.69) is 97.4 Å². The molecule has 5 rings (SSSR count). The van der Waals surface area contributed by atoms with E-state index in [4.69, 9.17) is 9.97 Å². The molecular weight excluding hydrogens is 398 g/mol. The Kier molecular flexibility index (Phi) is 5.31. The first kappa shape index (κ1) is 19.6. The summed E-state index contributed by atoms with van der Waals surface area (Å²) in [5, 5.41) is 2.12. The van der Waals surface area contributed by atoms with Crippen molar-refractivity contribution in [3.05, 3.63) is 108 Å². The van der Waals surface area contributed by atoms with E-state index in [0.29, 0.717) is 0 Å². The molecule has 0 radical (unpaired) electrons. The van der Waals surface area contributed by atoms with E-state index in [1.54, 1.807) is 18.1 Å². The van der Waals surface area contributed by atoms with Crippen LogP contribution in [-0.4, -0.2) is 14.5 Å². The van der Waals surface area contributed by atoms with Crippen LogP contribution in [0.4, 0.5) is 0 Å². The van der Waals surface area contributed by atoms with E-state index in [-0.39, 0.29) is 0 Å². The molecular formula is C27H23N3S. The standard InChI is InChI=1S/C27H23N3S/c1-19-8-6-10-21(14-19)17-31-27-25-24(22-11-4-3-5-12-22)16-30(26(25)28-18-29-27)23-13-7-9-20(2)15-23/h3-16,18H,17H2,1-2H3. The Morgan fingerprint density at radius 3 is 2.35 bits per heavy atom. The molecule has 0 aliphatic rings. The summed E-state index contributed by atoms with van der Waals surface area (Å²) < 4.78 is 2.18. The number of benzene rings is 3. The number of nitrogens with zero attached hydrogens (tertiary/aromatic N) is 3. The molecule has 2 heterocycles. The van der Waals surface area contributed by atoms with Crippen LogP contribution in [0, 0.1) is 13.8 Å². The van der Waals surface area contributed by atoms with Gasteiger partial charge in [0.1, 0.15) is 17.0 Å².